The van der Waals surface area contributed by atoms with Gasteiger partial charge >= 0.3 is 0 Å². The lowest BCUT2D eigenvalue weighted by atomic mass is 9.57. The van der Waals surface area contributed by atoms with Crippen molar-refractivity contribution in [2.24, 2.45) is 11.3 Å². The molecule has 0 aromatic carbocycles. The predicted octanol–water partition coefficient (Wildman–Crippen LogP) is 0.949. The normalized spacial score (nSPS) is 50.5. The van der Waals surface area contributed by atoms with Gasteiger partial charge in [0.05, 0.1) is 12.2 Å². The van der Waals surface area contributed by atoms with Gasteiger partial charge in [0.15, 0.2) is 0 Å². The second-order valence-corrected chi connectivity index (χ2v) is 7.16. The van der Waals surface area contributed by atoms with Gasteiger partial charge in [-0.25, -0.2) is 0 Å². The van der Waals surface area contributed by atoms with Crippen molar-refractivity contribution in [1.82, 2.24) is 4.90 Å². The summed E-state index contributed by atoms with van der Waals surface area (Å²) < 4.78 is 0. The third kappa shape index (κ3) is 1.76. The molecule has 4 fully saturated rings. The van der Waals surface area contributed by atoms with Crippen LogP contribution in [0.4, 0.5) is 0 Å². The van der Waals surface area contributed by atoms with E-state index in [0.717, 1.165) is 56.8 Å². The van der Waals surface area contributed by atoms with Gasteiger partial charge in [0, 0.05) is 17.7 Å². The van der Waals surface area contributed by atoms with Gasteiger partial charge in [-0.3, -0.25) is 0 Å². The molecule has 0 aromatic heterocycles. The quantitative estimate of drug-likeness (QED) is 0.773. The molecule has 4 rings (SSSR count). The summed E-state index contributed by atoms with van der Waals surface area (Å²) in [5, 5.41) is 21.0. The molecule has 0 aliphatic carbocycles. The van der Waals surface area contributed by atoms with Gasteiger partial charge in [0.25, 0.3) is 0 Å². The summed E-state index contributed by atoms with van der Waals surface area (Å²) in [6.45, 7) is 3.39. The number of piperidine rings is 3. The van der Waals surface area contributed by atoms with E-state index in [0.29, 0.717) is 5.92 Å². The van der Waals surface area contributed by atoms with Crippen molar-refractivity contribution < 1.29 is 10.2 Å². The Hall–Kier alpha value is 0.230. The summed E-state index contributed by atoms with van der Waals surface area (Å²) >= 11 is 1.86. The molecule has 0 spiro atoms. The van der Waals surface area contributed by atoms with Gasteiger partial charge in [-0.05, 0) is 50.4 Å². The third-order valence-electron chi connectivity index (χ3n) is 5.30. The van der Waals surface area contributed by atoms with Crippen LogP contribution < -0.4 is 0 Å². The zero-order valence-electron chi connectivity index (χ0n) is 10.4. The lowest BCUT2D eigenvalue weighted by molar-refractivity contribution is -0.182. The van der Waals surface area contributed by atoms with Crippen LogP contribution in [-0.4, -0.2) is 58.5 Å². The van der Waals surface area contributed by atoms with E-state index < -0.39 is 5.60 Å². The molecule has 0 saturated carbocycles. The fourth-order valence-electron chi connectivity index (χ4n) is 4.20. The van der Waals surface area contributed by atoms with Crippen LogP contribution in [0.15, 0.2) is 0 Å². The van der Waals surface area contributed by atoms with Crippen LogP contribution in [0.5, 0.6) is 0 Å². The largest absolute Gasteiger partial charge is 0.396 e. The fraction of sp³-hybridized carbons (Fsp3) is 1.00. The molecule has 17 heavy (non-hydrogen) atoms. The van der Waals surface area contributed by atoms with E-state index in [1.165, 1.54) is 0 Å². The average molecular weight is 257 g/mol. The number of nitrogens with zero attached hydrogens (tertiary/aromatic N) is 1. The molecule has 4 heterocycles. The minimum atomic E-state index is -0.631. The van der Waals surface area contributed by atoms with E-state index in [-0.39, 0.29) is 12.0 Å². The molecule has 4 aliphatic heterocycles. The van der Waals surface area contributed by atoms with Crippen molar-refractivity contribution in [1.29, 1.82) is 0 Å². The Balaban J connectivity index is 1.90. The van der Waals surface area contributed by atoms with E-state index in [4.69, 9.17) is 0 Å². The molecule has 4 saturated heterocycles. The van der Waals surface area contributed by atoms with Gasteiger partial charge in [0.1, 0.15) is 0 Å². The van der Waals surface area contributed by atoms with E-state index in [2.05, 4.69) is 4.90 Å². The molecular formula is C13H23NO2S. The first-order valence-corrected chi connectivity index (χ1v) is 7.99. The van der Waals surface area contributed by atoms with Gasteiger partial charge < -0.3 is 15.1 Å². The zero-order chi connectivity index (χ0) is 11.9. The number of thioether (sulfide) groups is 1. The van der Waals surface area contributed by atoms with Crippen LogP contribution in [0.3, 0.4) is 0 Å². The minimum absolute atomic E-state index is 0.158. The highest BCUT2D eigenvalue weighted by Gasteiger charge is 2.58. The minimum Gasteiger partial charge on any atom is -0.396 e. The van der Waals surface area contributed by atoms with E-state index in [1.54, 1.807) is 0 Å². The molecule has 0 aromatic rings. The first-order chi connectivity index (χ1) is 8.20. The van der Waals surface area contributed by atoms with E-state index in [9.17, 15) is 10.2 Å². The number of fused-ring (bicyclic) bond motifs is 3. The number of rotatable bonds is 2. The molecule has 3 nitrogen and oxygen atoms in total. The predicted molar refractivity (Wildman–Crippen MR) is 70.2 cm³/mol. The standard InChI is InChI=1S/C13H23NO2S/c15-9-12(13(16)4-1-7-17-10-13)8-14-5-2-11(12)3-6-14/h11,15-16H,1-10H2. The molecule has 2 atom stereocenters. The maximum atomic E-state index is 11.1. The number of aliphatic hydroxyl groups is 2. The molecule has 0 amide bonds. The Kier molecular flexibility index (Phi) is 3.18. The Bertz CT molecular complexity index is 285. The van der Waals surface area contributed by atoms with Gasteiger partial charge in [-0.1, -0.05) is 0 Å². The topological polar surface area (TPSA) is 43.7 Å². The SMILES string of the molecule is OCC1(C2(O)CCCSC2)CN2CCC1CC2. The Morgan fingerprint density at radius 1 is 1.29 bits per heavy atom. The van der Waals surface area contributed by atoms with E-state index >= 15 is 0 Å². The average Bonchev–Trinajstić information content (AvgIpc) is 2.40. The van der Waals surface area contributed by atoms with Gasteiger partial charge in [-0.2, -0.15) is 11.8 Å². The third-order valence-corrected chi connectivity index (χ3v) is 6.56. The number of aliphatic hydroxyl groups excluding tert-OH is 1. The number of hydrogen-bond acceptors (Lipinski definition) is 4. The van der Waals surface area contributed by atoms with Crippen molar-refractivity contribution >= 4 is 11.8 Å². The van der Waals surface area contributed by atoms with Crippen molar-refractivity contribution in [3.63, 3.8) is 0 Å². The Labute approximate surface area is 108 Å². The number of hydrogen-bond donors (Lipinski definition) is 2. The van der Waals surface area contributed by atoms with Crippen LogP contribution >= 0.6 is 11.8 Å². The van der Waals surface area contributed by atoms with Crippen molar-refractivity contribution in [2.45, 2.75) is 31.3 Å². The van der Waals surface area contributed by atoms with Crippen LogP contribution in [0.25, 0.3) is 0 Å². The molecule has 98 valence electrons. The highest BCUT2D eigenvalue weighted by molar-refractivity contribution is 7.99. The molecule has 0 radical (unpaired) electrons. The summed E-state index contributed by atoms with van der Waals surface area (Å²) in [6.07, 6.45) is 4.29. The lowest BCUT2D eigenvalue weighted by Gasteiger charge is -2.60. The van der Waals surface area contributed by atoms with Gasteiger partial charge in [-0.15, -0.1) is 0 Å². The summed E-state index contributed by atoms with van der Waals surface area (Å²) in [6, 6.07) is 0. The molecule has 4 heteroatoms. The van der Waals surface area contributed by atoms with Crippen LogP contribution in [0.2, 0.25) is 0 Å². The smallest absolute Gasteiger partial charge is 0.0830 e. The summed E-state index contributed by atoms with van der Waals surface area (Å²) in [4.78, 5) is 2.44. The van der Waals surface area contributed by atoms with Crippen molar-refractivity contribution in [3.8, 4) is 0 Å². The van der Waals surface area contributed by atoms with Crippen LogP contribution in [0.1, 0.15) is 25.7 Å². The zero-order valence-corrected chi connectivity index (χ0v) is 11.2. The van der Waals surface area contributed by atoms with Crippen molar-refractivity contribution in [3.05, 3.63) is 0 Å². The summed E-state index contributed by atoms with van der Waals surface area (Å²) in [5.74, 6) is 2.51. The highest BCUT2D eigenvalue weighted by atomic mass is 32.2. The van der Waals surface area contributed by atoms with Crippen molar-refractivity contribution in [2.75, 3.05) is 37.7 Å². The lowest BCUT2D eigenvalue weighted by Crippen LogP contribution is -2.67. The Morgan fingerprint density at radius 2 is 2.06 bits per heavy atom. The first-order valence-electron chi connectivity index (χ1n) is 6.84. The van der Waals surface area contributed by atoms with E-state index in [1.807, 2.05) is 11.8 Å². The monoisotopic (exact) mass is 257 g/mol. The van der Waals surface area contributed by atoms with Crippen LogP contribution in [-0.2, 0) is 0 Å². The van der Waals surface area contributed by atoms with Crippen LogP contribution in [0, 0.1) is 11.3 Å². The molecule has 4 aliphatic rings. The summed E-state index contributed by atoms with van der Waals surface area (Å²) in [5.41, 5.74) is -0.870. The molecule has 2 bridgehead atoms. The summed E-state index contributed by atoms with van der Waals surface area (Å²) in [7, 11) is 0. The molecule has 2 unspecified atom stereocenters. The maximum absolute atomic E-state index is 11.1. The second-order valence-electron chi connectivity index (χ2n) is 6.05. The second kappa shape index (κ2) is 4.41. The maximum Gasteiger partial charge on any atom is 0.0830 e. The van der Waals surface area contributed by atoms with Gasteiger partial charge in [0.2, 0.25) is 0 Å². The fourth-order valence-corrected chi connectivity index (χ4v) is 5.46. The molecular weight excluding hydrogens is 234 g/mol. The Morgan fingerprint density at radius 3 is 2.53 bits per heavy atom. The first kappa shape index (κ1) is 12.3. The highest BCUT2D eigenvalue weighted by Crippen LogP contribution is 2.52. The molecule has 2 N–H and O–H groups in total.